The molecule has 0 saturated carbocycles. The Morgan fingerprint density at radius 1 is 1.04 bits per heavy atom. The molecule has 1 aromatic carbocycles. The Balaban J connectivity index is 2.22. The number of rotatable bonds is 1. The summed E-state index contributed by atoms with van der Waals surface area (Å²) >= 11 is 0. The van der Waals surface area contributed by atoms with Crippen molar-refractivity contribution in [3.63, 3.8) is 0 Å². The second-order valence-electron chi connectivity index (χ2n) is 7.30. The summed E-state index contributed by atoms with van der Waals surface area (Å²) in [6, 6.07) is 4.14. The van der Waals surface area contributed by atoms with Crippen molar-refractivity contribution in [2.75, 3.05) is 0 Å². The van der Waals surface area contributed by atoms with Crippen LogP contribution in [0.4, 0.5) is 0 Å². The largest absolute Gasteiger partial charge is 0.510 e. The number of aliphatic hydroxyl groups is 1. The molecule has 3 rings (SSSR count). The summed E-state index contributed by atoms with van der Waals surface area (Å²) in [6.45, 7) is 10.2. The van der Waals surface area contributed by atoms with Gasteiger partial charge in [0.15, 0.2) is 5.78 Å². The van der Waals surface area contributed by atoms with E-state index in [1.807, 2.05) is 20.8 Å². The van der Waals surface area contributed by atoms with Crippen LogP contribution in [0.2, 0.25) is 0 Å². The minimum Gasteiger partial charge on any atom is -0.510 e. The third-order valence-corrected chi connectivity index (χ3v) is 5.12. The molecule has 0 aromatic heterocycles. The Labute approximate surface area is 144 Å². The molecule has 1 aromatic rings. The van der Waals surface area contributed by atoms with Gasteiger partial charge in [-0.25, -0.2) is 0 Å². The van der Waals surface area contributed by atoms with Gasteiger partial charge in [0.2, 0.25) is 0 Å². The molecule has 2 heteroatoms. The maximum absolute atomic E-state index is 13.2. The van der Waals surface area contributed by atoms with Crippen molar-refractivity contribution >= 4 is 11.4 Å². The van der Waals surface area contributed by atoms with Gasteiger partial charge in [-0.05, 0) is 64.2 Å². The fourth-order valence-corrected chi connectivity index (χ4v) is 3.91. The number of aryl methyl sites for hydroxylation is 3. The van der Waals surface area contributed by atoms with Crippen LogP contribution in [-0.2, 0) is 4.79 Å². The SMILES string of the molecule is CC(C)=C1CC2C#CC(C1)C(O)=C(c1c(C)cc(C)cc1C)C2=O. The second-order valence-corrected chi connectivity index (χ2v) is 7.30. The van der Waals surface area contributed by atoms with Crippen molar-refractivity contribution in [1.82, 2.24) is 0 Å². The number of hydrogen-bond donors (Lipinski definition) is 1. The van der Waals surface area contributed by atoms with Gasteiger partial charge in [-0.3, -0.25) is 4.79 Å². The molecule has 0 spiro atoms. The van der Waals surface area contributed by atoms with Crippen LogP contribution >= 0.6 is 0 Å². The van der Waals surface area contributed by atoms with E-state index in [0.717, 1.165) is 28.7 Å². The summed E-state index contributed by atoms with van der Waals surface area (Å²) in [5.74, 6) is 5.77. The number of benzene rings is 1. The highest BCUT2D eigenvalue weighted by molar-refractivity contribution is 6.24. The van der Waals surface area contributed by atoms with Gasteiger partial charge in [0.05, 0.1) is 17.4 Å². The highest BCUT2D eigenvalue weighted by Crippen LogP contribution is 2.39. The van der Waals surface area contributed by atoms with Crippen LogP contribution in [-0.4, -0.2) is 10.9 Å². The third kappa shape index (κ3) is 2.69. The summed E-state index contributed by atoms with van der Waals surface area (Å²) in [4.78, 5) is 13.2. The maximum atomic E-state index is 13.2. The molecule has 2 atom stereocenters. The average molecular weight is 320 g/mol. The first-order valence-electron chi connectivity index (χ1n) is 8.51. The summed E-state index contributed by atoms with van der Waals surface area (Å²) < 4.78 is 0. The zero-order chi connectivity index (χ0) is 17.6. The molecule has 24 heavy (non-hydrogen) atoms. The van der Waals surface area contributed by atoms with Crippen molar-refractivity contribution in [2.45, 2.75) is 47.5 Å². The first-order valence-corrected chi connectivity index (χ1v) is 8.51. The average Bonchev–Trinajstić information content (AvgIpc) is 2.77. The smallest absolute Gasteiger partial charge is 0.182 e. The summed E-state index contributed by atoms with van der Waals surface area (Å²) in [7, 11) is 0. The van der Waals surface area contributed by atoms with Crippen LogP contribution in [0.3, 0.4) is 0 Å². The van der Waals surface area contributed by atoms with Crippen LogP contribution in [0.15, 0.2) is 29.0 Å². The van der Waals surface area contributed by atoms with Crippen LogP contribution in [0.25, 0.3) is 5.57 Å². The van der Waals surface area contributed by atoms with Gasteiger partial charge in [0.1, 0.15) is 5.76 Å². The van der Waals surface area contributed by atoms with E-state index >= 15 is 0 Å². The van der Waals surface area contributed by atoms with Crippen LogP contribution in [0.5, 0.6) is 0 Å². The van der Waals surface area contributed by atoms with Gasteiger partial charge in [-0.2, -0.15) is 0 Å². The molecular weight excluding hydrogens is 296 g/mol. The number of aliphatic hydroxyl groups excluding tert-OH is 1. The molecule has 1 N–H and O–H groups in total. The Morgan fingerprint density at radius 2 is 1.58 bits per heavy atom. The van der Waals surface area contributed by atoms with Crippen molar-refractivity contribution in [3.8, 4) is 11.8 Å². The third-order valence-electron chi connectivity index (χ3n) is 5.12. The normalized spacial score (nSPS) is 22.9. The summed E-state index contributed by atoms with van der Waals surface area (Å²) in [5.41, 5.74) is 7.04. The lowest BCUT2D eigenvalue weighted by atomic mass is 9.80. The van der Waals surface area contributed by atoms with Crippen LogP contribution < -0.4 is 0 Å². The van der Waals surface area contributed by atoms with E-state index in [1.165, 1.54) is 11.1 Å². The molecule has 2 unspecified atom stereocenters. The van der Waals surface area contributed by atoms with Gasteiger partial charge in [0, 0.05) is 0 Å². The first kappa shape index (κ1) is 16.6. The predicted molar refractivity (Wildman–Crippen MR) is 97.6 cm³/mol. The van der Waals surface area contributed by atoms with Crippen molar-refractivity contribution in [3.05, 3.63) is 51.3 Å². The van der Waals surface area contributed by atoms with Gasteiger partial charge >= 0.3 is 0 Å². The molecule has 2 nitrogen and oxygen atoms in total. The highest BCUT2D eigenvalue weighted by atomic mass is 16.3. The number of carbonyl (C=O) groups is 1. The summed E-state index contributed by atoms with van der Waals surface area (Å²) in [5, 5.41) is 10.9. The molecule has 0 aliphatic heterocycles. The molecule has 2 aliphatic carbocycles. The van der Waals surface area contributed by atoms with Crippen LogP contribution in [0, 0.1) is 44.4 Å². The van der Waals surface area contributed by atoms with E-state index < -0.39 is 0 Å². The highest BCUT2D eigenvalue weighted by Gasteiger charge is 2.35. The molecule has 0 fully saturated rings. The number of ketones is 1. The fourth-order valence-electron chi connectivity index (χ4n) is 3.91. The van der Waals surface area contributed by atoms with E-state index in [1.54, 1.807) is 0 Å². The van der Waals surface area contributed by atoms with E-state index in [0.29, 0.717) is 12.0 Å². The molecular formula is C22H24O2. The molecule has 0 saturated heterocycles. The summed E-state index contributed by atoms with van der Waals surface area (Å²) in [6.07, 6.45) is 1.41. The minimum absolute atomic E-state index is 0.0315. The number of carbonyl (C=O) groups excluding carboxylic acids is 1. The van der Waals surface area contributed by atoms with E-state index in [-0.39, 0.29) is 23.4 Å². The van der Waals surface area contributed by atoms with Crippen molar-refractivity contribution in [1.29, 1.82) is 0 Å². The zero-order valence-electron chi connectivity index (χ0n) is 15.1. The van der Waals surface area contributed by atoms with E-state index in [2.05, 4.69) is 37.8 Å². The Hall–Kier alpha value is -2.27. The standard InChI is InChI=1S/C22H24O2/c1-12(2)18-10-16-6-7-17(11-18)22(24)20(21(16)23)19-14(4)8-13(3)9-15(19)5/h8-9,16-17,23H,10-11H2,1-5H3. The number of fused-ring (bicyclic) bond motifs is 2. The number of allylic oxidation sites excluding steroid dienone is 4. The van der Waals surface area contributed by atoms with Gasteiger partial charge in [-0.1, -0.05) is 40.7 Å². The van der Waals surface area contributed by atoms with Crippen molar-refractivity contribution in [2.24, 2.45) is 11.8 Å². The Morgan fingerprint density at radius 3 is 2.17 bits per heavy atom. The van der Waals surface area contributed by atoms with E-state index in [4.69, 9.17) is 0 Å². The molecule has 0 amide bonds. The first-order chi connectivity index (χ1) is 11.3. The predicted octanol–water partition coefficient (Wildman–Crippen LogP) is 4.83. The lowest BCUT2D eigenvalue weighted by Gasteiger charge is -2.23. The molecule has 0 heterocycles. The van der Waals surface area contributed by atoms with E-state index in [9.17, 15) is 9.90 Å². The van der Waals surface area contributed by atoms with Gasteiger partial charge in [0.25, 0.3) is 0 Å². The van der Waals surface area contributed by atoms with Crippen molar-refractivity contribution < 1.29 is 9.90 Å². The molecule has 2 aliphatic rings. The van der Waals surface area contributed by atoms with Crippen LogP contribution in [0.1, 0.15) is 48.9 Å². The lowest BCUT2D eigenvalue weighted by Crippen LogP contribution is -2.21. The van der Waals surface area contributed by atoms with Gasteiger partial charge < -0.3 is 5.11 Å². The molecule has 0 radical (unpaired) electrons. The minimum atomic E-state index is -0.348. The topological polar surface area (TPSA) is 37.3 Å². The lowest BCUT2D eigenvalue weighted by molar-refractivity contribution is -0.115. The molecule has 124 valence electrons. The Kier molecular flexibility index (Phi) is 4.13. The number of Topliss-reactive ketones (excluding diaryl/α,β-unsaturated/α-hetero) is 1. The fraction of sp³-hybridized carbons (Fsp3) is 0.409. The second kappa shape index (κ2) is 5.98. The Bertz CT molecular complexity index is 829. The number of hydrogen-bond acceptors (Lipinski definition) is 2. The molecule has 2 bridgehead atoms. The monoisotopic (exact) mass is 320 g/mol. The zero-order valence-corrected chi connectivity index (χ0v) is 15.1. The maximum Gasteiger partial charge on any atom is 0.182 e. The van der Waals surface area contributed by atoms with Gasteiger partial charge in [-0.15, -0.1) is 0 Å². The quantitative estimate of drug-likeness (QED) is 0.594.